The lowest BCUT2D eigenvalue weighted by molar-refractivity contribution is -0.413. The molecule has 8 fully saturated rings. The maximum Gasteiger partial charge on any atom is 0.462 e. The van der Waals surface area contributed by atoms with Crippen LogP contribution in [-0.2, 0) is 124 Å². The maximum atomic E-state index is 14.6. The second kappa shape index (κ2) is 54.7. The summed E-state index contributed by atoms with van der Waals surface area (Å²) >= 11 is 0. The summed E-state index contributed by atoms with van der Waals surface area (Å²) in [5.74, 6) is -38.6. The maximum absolute atomic E-state index is 14.6. The fraction of sp³-hybridized carbons (Fsp3) is 0.788. The Labute approximate surface area is 847 Å². The highest BCUT2D eigenvalue weighted by atomic mass is 19.4. The van der Waals surface area contributed by atoms with Crippen molar-refractivity contribution in [3.8, 4) is 0 Å². The summed E-state index contributed by atoms with van der Waals surface area (Å²) in [5, 5.41) is 27.7. The summed E-state index contributed by atoms with van der Waals surface area (Å²) in [4.78, 5) is 106. The van der Waals surface area contributed by atoms with Crippen molar-refractivity contribution in [3.05, 3.63) is 72.9 Å². The molecule has 6 heterocycles. The van der Waals surface area contributed by atoms with Crippen LogP contribution in [0.3, 0.4) is 0 Å². The van der Waals surface area contributed by atoms with E-state index in [9.17, 15) is 141 Å². The Kier molecular flexibility index (Phi) is 49.6. The molecule has 6 saturated heterocycles. The van der Waals surface area contributed by atoms with Gasteiger partial charge in [-0.3, -0.25) is 19.6 Å². The first-order chi connectivity index (χ1) is 67.7. The van der Waals surface area contributed by atoms with E-state index in [0.29, 0.717) is 37.5 Å². The predicted molar refractivity (Wildman–Crippen MR) is 486 cm³/mol. The molecule has 8 rings (SSSR count). The van der Waals surface area contributed by atoms with Gasteiger partial charge in [-0.05, 0) is 128 Å². The Morgan fingerprint density at radius 3 is 1.24 bits per heavy atom. The van der Waals surface area contributed by atoms with Gasteiger partial charge < -0.3 is 86.0 Å². The van der Waals surface area contributed by atoms with Crippen molar-refractivity contribution in [1.29, 1.82) is 0 Å². The minimum Gasteiger partial charge on any atom is -0.460 e. The van der Waals surface area contributed by atoms with Crippen LogP contribution in [0.1, 0.15) is 303 Å². The van der Waals surface area contributed by atoms with Crippen LogP contribution >= 0.6 is 0 Å². The largest absolute Gasteiger partial charge is 0.462 e. The van der Waals surface area contributed by atoms with Crippen molar-refractivity contribution in [2.45, 2.75) is 445 Å². The number of fused-ring (bicyclic) bond motifs is 2. The molecule has 0 amide bonds. The Morgan fingerprint density at radius 2 is 0.845 bits per heavy atom. The SMILES string of the molecule is C=C(C)C(=O)OC12CCCC1OC(C)(OCCCCCCCCCCCCCCCCCCCC)C2.C=C(C)C(=O)OC12CCCCC1OC(C)(OCC(C)=O)C2.C=C(C)C(=O)OCC1(C)CC(F)(F)C(COO)(C(F)(F)F)O1.C=C(C)C(=O)OCC1CC(F)(F)C(C)(C(F)(F)F)O1.C=C(C)C(=O)OCC1OC(OC(=O)C(C)C)(C(F)(F)F)C(F)(F)C1(C)O.C=C(C)C(=O)OCC1OC(OC(=O)CC)(C(F)(F)F)C(F)(F)C1O. The zero-order valence-corrected chi connectivity index (χ0v) is 86.5. The molecule has 29 nitrogen and oxygen atoms in total. The Morgan fingerprint density at radius 1 is 0.439 bits per heavy atom. The van der Waals surface area contributed by atoms with Crippen molar-refractivity contribution in [2.24, 2.45) is 5.92 Å². The van der Waals surface area contributed by atoms with Gasteiger partial charge in [0.05, 0.1) is 18.6 Å². The summed E-state index contributed by atoms with van der Waals surface area (Å²) in [7, 11) is 0. The third kappa shape index (κ3) is 34.7. The predicted octanol–water partition coefficient (Wildman–Crippen LogP) is 21.7. The summed E-state index contributed by atoms with van der Waals surface area (Å²) < 4.78 is 348. The minimum atomic E-state index is -5.89. The number of aliphatic hydroxyl groups is 2. The fourth-order valence-electron chi connectivity index (χ4n) is 16.9. The number of hydrogen-bond acceptors (Lipinski definition) is 29. The van der Waals surface area contributed by atoms with Crippen molar-refractivity contribution in [1.82, 2.24) is 0 Å². The van der Waals surface area contributed by atoms with Crippen LogP contribution in [0, 0.1) is 5.92 Å². The van der Waals surface area contributed by atoms with E-state index in [-0.39, 0.29) is 65.8 Å². The molecule has 16 unspecified atom stereocenters. The number of esters is 8. The topological polar surface area (TPSA) is 371 Å². The highest BCUT2D eigenvalue weighted by Crippen LogP contribution is 2.61. The average Bonchev–Trinajstić information content (AvgIpc) is 1.54. The molecule has 0 spiro atoms. The first-order valence-electron chi connectivity index (χ1n) is 48.5. The first kappa shape index (κ1) is 134. The number of rotatable bonds is 45. The molecule has 0 aromatic carbocycles. The van der Waals surface area contributed by atoms with E-state index in [0.717, 1.165) is 79.1 Å². The first-order valence-corrected chi connectivity index (χ1v) is 48.5. The van der Waals surface area contributed by atoms with Gasteiger partial charge in [-0.1, -0.05) is 183 Å². The molecule has 854 valence electrons. The average molecular weight is 2180 g/mol. The summed E-state index contributed by atoms with van der Waals surface area (Å²) in [6.07, 6.45) is -2.62. The smallest absolute Gasteiger partial charge is 0.460 e. The standard InChI is InChI=1S/C32H58O4.C16H24O5.C15H19F5O6.C13H15F5O6.C12H15F5O5.C11H13F5O3/c1-5-6-7-8-9-10-11-12-13-14-15-16-17-18-19-20-21-22-26-34-31(4)27-32(36-30(33)28(2)3)25-23-24-29(32)35-31;1-11(2)14(18)21-16-8-6-5-7-13(16)20-15(4,10-16)19-9-12(3)17;1-7(2)10(21)24-6-9-12(5,23)13(16,17)14(25-9,15(18,19)20)26-11(22)8(3)4;1-4-8(19)24-12(13(16,17)18)11(14,15)9(20)7(23-12)5-22-10(21)6(2)3;1-7(2)8(18)20-5-9(3)4-11(13,14)10(22-9,6-21-19)12(15,16)17;1-6(2)8(17)18-5-7-4-10(12,13)9(3,19-7)11(14,15)16/h29H,2,5-27H2,1,3-4H3;13H,1,5-10H2,2-4H3;8-9,23H,1,6H2,2-5H3;7,9,20H,2,4-5H2,1,3H3;19H,1,4-6H2,2-3H3;7H,1,4-5H2,2-3H3. The molecule has 3 N–H and O–H groups in total. The molecule has 2 saturated carbocycles. The van der Waals surface area contributed by atoms with E-state index >= 15 is 0 Å². The third-order valence-corrected chi connectivity index (χ3v) is 25.3. The number of ether oxygens (including phenoxy) is 16. The third-order valence-electron chi connectivity index (χ3n) is 25.3. The lowest BCUT2D eigenvalue weighted by Crippen LogP contribution is -2.65. The second-order valence-corrected chi connectivity index (χ2v) is 39.7. The van der Waals surface area contributed by atoms with Gasteiger partial charge >= 0.3 is 95.9 Å². The Balaban J connectivity index is 0.000000462. The van der Waals surface area contributed by atoms with E-state index < -0.39 is 224 Å². The zero-order chi connectivity index (χ0) is 114. The lowest BCUT2D eigenvalue weighted by atomic mass is 9.80. The number of carbonyl (C=O) groups excluding carboxylic acids is 9. The molecule has 0 aromatic heterocycles. The number of halogens is 20. The molecule has 16 atom stereocenters. The molecule has 0 bridgehead atoms. The van der Waals surface area contributed by atoms with Gasteiger partial charge in [0.1, 0.15) is 80.9 Å². The van der Waals surface area contributed by atoms with Crippen LogP contribution in [0.2, 0.25) is 0 Å². The van der Waals surface area contributed by atoms with E-state index in [1.54, 1.807) is 13.8 Å². The number of unbranched alkanes of at least 4 members (excludes halogenated alkanes) is 17. The number of hydrogen-bond donors (Lipinski definition) is 3. The van der Waals surface area contributed by atoms with Gasteiger partial charge in [-0.2, -0.15) is 70.2 Å². The number of alkyl halides is 20. The molecule has 148 heavy (non-hydrogen) atoms. The summed E-state index contributed by atoms with van der Waals surface area (Å²) in [5.41, 5.74) is -13.8. The number of carbonyl (C=O) groups is 9. The lowest BCUT2D eigenvalue weighted by Gasteiger charge is -2.37. The van der Waals surface area contributed by atoms with Crippen molar-refractivity contribution < 1.29 is 227 Å². The van der Waals surface area contributed by atoms with Crippen LogP contribution in [0.5, 0.6) is 0 Å². The van der Waals surface area contributed by atoms with Crippen LogP contribution in [0.4, 0.5) is 87.8 Å². The van der Waals surface area contributed by atoms with Crippen LogP contribution in [-0.4, -0.2) is 257 Å². The van der Waals surface area contributed by atoms with E-state index in [4.69, 9.17) is 33.7 Å². The second-order valence-electron chi connectivity index (χ2n) is 39.7. The highest BCUT2D eigenvalue weighted by Gasteiger charge is 2.88. The number of Topliss-reactive ketones (excluding diaryl/α,β-unsaturated/α-hetero) is 1. The van der Waals surface area contributed by atoms with Crippen molar-refractivity contribution in [3.63, 3.8) is 0 Å². The minimum absolute atomic E-state index is 0.00767. The Bertz CT molecular complexity index is 4480. The van der Waals surface area contributed by atoms with Gasteiger partial charge in [0.25, 0.3) is 17.4 Å². The monoisotopic (exact) mass is 2180 g/mol. The summed E-state index contributed by atoms with van der Waals surface area (Å²) in [6.45, 7) is 36.3. The number of ketones is 1. The molecule has 0 radical (unpaired) electrons. The molecule has 6 aliphatic heterocycles. The summed E-state index contributed by atoms with van der Waals surface area (Å²) in [6, 6.07) is 0. The van der Waals surface area contributed by atoms with Crippen LogP contribution < -0.4 is 0 Å². The zero-order valence-electron chi connectivity index (χ0n) is 86.5. The van der Waals surface area contributed by atoms with Crippen molar-refractivity contribution in [2.75, 3.05) is 46.2 Å². The van der Waals surface area contributed by atoms with E-state index in [1.165, 1.54) is 144 Å². The van der Waals surface area contributed by atoms with Gasteiger partial charge in [0.2, 0.25) is 5.60 Å². The molecule has 8 aliphatic rings. The normalized spacial score (nSPS) is 29.8. The molecule has 2 aliphatic carbocycles. The van der Waals surface area contributed by atoms with Gasteiger partial charge in [-0.15, -0.1) is 0 Å². The molecular formula is C99H144F20O29. The fourth-order valence-corrected chi connectivity index (χ4v) is 16.9. The molecule has 0 aromatic rings. The molecule has 49 heteroatoms. The van der Waals surface area contributed by atoms with Gasteiger partial charge in [0.15, 0.2) is 29.1 Å². The number of aliphatic hydroxyl groups excluding tert-OH is 1. The Hall–Kier alpha value is -8.01. The highest BCUT2D eigenvalue weighted by molar-refractivity contribution is 5.89. The van der Waals surface area contributed by atoms with Crippen LogP contribution in [0.15, 0.2) is 72.9 Å². The quantitative estimate of drug-likeness (QED) is 0.00969. The van der Waals surface area contributed by atoms with Gasteiger partial charge in [0, 0.05) is 65.5 Å². The van der Waals surface area contributed by atoms with Crippen LogP contribution in [0.25, 0.3) is 0 Å². The van der Waals surface area contributed by atoms with Gasteiger partial charge in [-0.25, -0.2) is 51.2 Å². The van der Waals surface area contributed by atoms with Crippen molar-refractivity contribution >= 4 is 53.5 Å². The van der Waals surface area contributed by atoms with E-state index in [1.807, 2.05) is 13.8 Å². The van der Waals surface area contributed by atoms with E-state index in [2.05, 4.69) is 98.7 Å². The molecular weight excluding hydrogens is 2030 g/mol.